The number of thioether (sulfide) groups is 1. The van der Waals surface area contributed by atoms with Crippen LogP contribution in [0.15, 0.2) is 34.2 Å². The van der Waals surface area contributed by atoms with E-state index in [9.17, 15) is 18.0 Å². The molecule has 0 radical (unpaired) electrons. The van der Waals surface area contributed by atoms with Crippen LogP contribution in [-0.4, -0.2) is 18.1 Å². The first kappa shape index (κ1) is 12.8. The monoisotopic (exact) mass is 275 g/mol. The number of carboxylic acids is 1. The Morgan fingerprint density at radius 3 is 2.67 bits per heavy atom. The van der Waals surface area contributed by atoms with Crippen molar-refractivity contribution in [1.29, 1.82) is 0 Å². The molecule has 2 rings (SSSR count). The van der Waals surface area contributed by atoms with Crippen LogP contribution < -0.4 is 4.90 Å². The highest BCUT2D eigenvalue weighted by atomic mass is 32.2. The normalized spacial score (nSPS) is 17.1. The lowest BCUT2D eigenvalue weighted by atomic mass is 10.2. The van der Waals surface area contributed by atoms with Crippen LogP contribution in [0, 0.1) is 0 Å². The molecule has 0 aromatic heterocycles. The molecule has 96 valence electrons. The van der Waals surface area contributed by atoms with E-state index in [0.717, 1.165) is 30.0 Å². The lowest BCUT2D eigenvalue weighted by molar-refractivity contribution is -0.137. The van der Waals surface area contributed by atoms with Crippen LogP contribution in [0.2, 0.25) is 0 Å². The number of hydrogen-bond acceptors (Lipinski definition) is 3. The van der Waals surface area contributed by atoms with Crippen molar-refractivity contribution in [2.45, 2.75) is 11.1 Å². The van der Waals surface area contributed by atoms with Crippen molar-refractivity contribution >= 4 is 23.4 Å². The van der Waals surface area contributed by atoms with Gasteiger partial charge in [-0.1, -0.05) is 11.8 Å². The fraction of sp³-hybridized carbons (Fsp3) is 0.182. The van der Waals surface area contributed by atoms with E-state index in [2.05, 4.69) is 0 Å². The molecule has 0 spiro atoms. The molecule has 1 aliphatic rings. The van der Waals surface area contributed by atoms with E-state index in [-0.39, 0.29) is 0 Å². The highest BCUT2D eigenvalue weighted by Crippen LogP contribution is 2.46. The molecule has 18 heavy (non-hydrogen) atoms. The lowest BCUT2D eigenvalue weighted by Gasteiger charge is -2.14. The summed E-state index contributed by atoms with van der Waals surface area (Å²) in [6.07, 6.45) is -3.43. The second-order valence-corrected chi connectivity index (χ2v) is 4.72. The summed E-state index contributed by atoms with van der Waals surface area (Å²) in [6.45, 7) is 0. The number of benzene rings is 1. The minimum atomic E-state index is -4.40. The van der Waals surface area contributed by atoms with Gasteiger partial charge in [0.2, 0.25) is 0 Å². The van der Waals surface area contributed by atoms with Crippen LogP contribution in [0.5, 0.6) is 0 Å². The van der Waals surface area contributed by atoms with Gasteiger partial charge in [0.25, 0.3) is 0 Å². The third kappa shape index (κ3) is 2.31. The van der Waals surface area contributed by atoms with Gasteiger partial charge < -0.3 is 10.0 Å². The Kier molecular flexibility index (Phi) is 3.02. The average molecular weight is 275 g/mol. The molecule has 0 amide bonds. The molecule has 3 nitrogen and oxygen atoms in total. The number of nitrogens with zero attached hydrogens (tertiary/aromatic N) is 1. The Balaban J connectivity index is 2.42. The minimum Gasteiger partial charge on any atom is -0.478 e. The van der Waals surface area contributed by atoms with Crippen LogP contribution in [-0.2, 0) is 11.0 Å². The highest BCUT2D eigenvalue weighted by molar-refractivity contribution is 8.03. The molecule has 0 fully saturated rings. The van der Waals surface area contributed by atoms with Crippen LogP contribution in [0.25, 0.3) is 0 Å². The molecule has 1 heterocycles. The van der Waals surface area contributed by atoms with Crippen LogP contribution in [0.3, 0.4) is 0 Å². The van der Waals surface area contributed by atoms with E-state index >= 15 is 0 Å². The molecule has 0 unspecified atom stereocenters. The molecular formula is C11H8F3NO2S. The van der Waals surface area contributed by atoms with Gasteiger partial charge >= 0.3 is 12.1 Å². The van der Waals surface area contributed by atoms with Gasteiger partial charge in [-0.2, -0.15) is 13.2 Å². The van der Waals surface area contributed by atoms with E-state index in [1.165, 1.54) is 18.0 Å². The zero-order valence-electron chi connectivity index (χ0n) is 9.15. The average Bonchev–Trinajstić information content (AvgIpc) is 2.53. The molecule has 0 saturated heterocycles. The van der Waals surface area contributed by atoms with Crippen molar-refractivity contribution in [3.05, 3.63) is 34.9 Å². The van der Waals surface area contributed by atoms with Crippen molar-refractivity contribution < 1.29 is 23.1 Å². The fourth-order valence-electron chi connectivity index (χ4n) is 1.57. The summed E-state index contributed by atoms with van der Waals surface area (Å²) in [5.41, 5.74) is -0.382. The van der Waals surface area contributed by atoms with Gasteiger partial charge in [0.15, 0.2) is 0 Å². The third-order valence-electron chi connectivity index (χ3n) is 2.44. The summed E-state index contributed by atoms with van der Waals surface area (Å²) in [5, 5.41) is 9.04. The van der Waals surface area contributed by atoms with E-state index in [1.807, 2.05) is 0 Å². The first-order chi connectivity index (χ1) is 8.29. The second kappa shape index (κ2) is 4.24. The maximum atomic E-state index is 12.6. The predicted molar refractivity (Wildman–Crippen MR) is 61.4 cm³/mol. The Morgan fingerprint density at radius 1 is 1.44 bits per heavy atom. The summed E-state index contributed by atoms with van der Waals surface area (Å²) in [4.78, 5) is 12.6. The van der Waals surface area contributed by atoms with E-state index < -0.39 is 17.7 Å². The number of anilines is 1. The number of fused-ring (bicyclic) bond motifs is 1. The molecule has 7 heteroatoms. The number of aliphatic carboxylic acids is 1. The summed E-state index contributed by atoms with van der Waals surface area (Å²) < 4.78 is 37.7. The van der Waals surface area contributed by atoms with Gasteiger partial charge in [-0.3, -0.25) is 0 Å². The first-order valence-corrected chi connectivity index (χ1v) is 5.68. The predicted octanol–water partition coefficient (Wildman–Crippen LogP) is 3.17. The number of carbonyl (C=O) groups is 1. The molecule has 1 aromatic carbocycles. The maximum Gasteiger partial charge on any atom is 0.416 e. The number of rotatable bonds is 1. The topological polar surface area (TPSA) is 40.5 Å². The maximum absolute atomic E-state index is 12.6. The van der Waals surface area contributed by atoms with Gasteiger partial charge in [-0.15, -0.1) is 0 Å². The van der Waals surface area contributed by atoms with Crippen molar-refractivity contribution in [3.8, 4) is 0 Å². The third-order valence-corrected chi connectivity index (χ3v) is 3.61. The molecule has 0 saturated carbocycles. The van der Waals surface area contributed by atoms with Crippen molar-refractivity contribution in [3.63, 3.8) is 0 Å². The van der Waals surface area contributed by atoms with Gasteiger partial charge in [0.1, 0.15) is 0 Å². The van der Waals surface area contributed by atoms with Crippen LogP contribution in [0.4, 0.5) is 18.9 Å². The number of alkyl halides is 3. The molecule has 0 atom stereocenters. The van der Waals surface area contributed by atoms with E-state index in [4.69, 9.17) is 5.11 Å². The summed E-state index contributed by atoms with van der Waals surface area (Å²) >= 11 is 1.13. The first-order valence-electron chi connectivity index (χ1n) is 4.86. The van der Waals surface area contributed by atoms with Crippen molar-refractivity contribution in [1.82, 2.24) is 0 Å². The van der Waals surface area contributed by atoms with Gasteiger partial charge in [-0.05, 0) is 18.2 Å². The number of carboxylic acid groups (broad SMARTS) is 1. The van der Waals surface area contributed by atoms with E-state index in [0.29, 0.717) is 15.6 Å². The Morgan fingerprint density at radius 2 is 2.11 bits per heavy atom. The zero-order valence-corrected chi connectivity index (χ0v) is 9.97. The standard InChI is InChI=1S/C11H8F3NO2S/c1-15-7-4-6(11(12,13)14)2-3-8(7)18-9(15)5-10(16)17/h2-5H,1H3,(H,16,17). The molecule has 0 aliphatic carbocycles. The Bertz CT molecular complexity index is 540. The minimum absolute atomic E-state index is 0.363. The smallest absolute Gasteiger partial charge is 0.416 e. The zero-order chi connectivity index (χ0) is 13.5. The van der Waals surface area contributed by atoms with Gasteiger partial charge in [0, 0.05) is 11.9 Å². The number of halogens is 3. The highest BCUT2D eigenvalue weighted by Gasteiger charge is 2.33. The largest absolute Gasteiger partial charge is 0.478 e. The molecule has 1 aliphatic heterocycles. The van der Waals surface area contributed by atoms with E-state index in [1.54, 1.807) is 0 Å². The summed E-state index contributed by atoms with van der Waals surface area (Å²) in [5.74, 6) is -1.13. The number of hydrogen-bond donors (Lipinski definition) is 1. The Hall–Kier alpha value is -1.63. The molecular weight excluding hydrogens is 267 g/mol. The molecule has 1 aromatic rings. The molecule has 1 N–H and O–H groups in total. The fourth-order valence-corrected chi connectivity index (χ4v) is 2.63. The lowest BCUT2D eigenvalue weighted by Crippen LogP contribution is -2.12. The quantitative estimate of drug-likeness (QED) is 0.799. The summed E-state index contributed by atoms with van der Waals surface area (Å²) in [6, 6.07) is 3.36. The van der Waals surface area contributed by atoms with Gasteiger partial charge in [-0.25, -0.2) is 4.79 Å². The van der Waals surface area contributed by atoms with Crippen molar-refractivity contribution in [2.24, 2.45) is 0 Å². The second-order valence-electron chi connectivity index (χ2n) is 3.66. The molecule has 0 bridgehead atoms. The Labute approximate surface area is 105 Å². The summed E-state index contributed by atoms with van der Waals surface area (Å²) in [7, 11) is 1.54. The van der Waals surface area contributed by atoms with Crippen LogP contribution >= 0.6 is 11.8 Å². The van der Waals surface area contributed by atoms with Gasteiger partial charge in [0.05, 0.1) is 22.4 Å². The van der Waals surface area contributed by atoms with Crippen LogP contribution in [0.1, 0.15) is 5.56 Å². The van der Waals surface area contributed by atoms with Crippen molar-refractivity contribution in [2.75, 3.05) is 11.9 Å². The SMILES string of the molecule is CN1C(=CC(=O)O)Sc2ccc(C(F)(F)F)cc21.